The molecule has 1 saturated heterocycles. The minimum absolute atomic E-state index is 0.114. The van der Waals surface area contributed by atoms with E-state index in [-0.39, 0.29) is 17.3 Å². The number of carbonyl (C=O) groups excluding carboxylic acids is 1. The summed E-state index contributed by atoms with van der Waals surface area (Å²) in [5.41, 5.74) is 1.27. The summed E-state index contributed by atoms with van der Waals surface area (Å²) in [7, 11) is -2.09. The topological polar surface area (TPSA) is 110 Å². The number of hydrogen-bond donors (Lipinski definition) is 1. The van der Waals surface area contributed by atoms with E-state index in [9.17, 15) is 13.2 Å². The van der Waals surface area contributed by atoms with E-state index < -0.39 is 16.1 Å². The second kappa shape index (κ2) is 8.13. The van der Waals surface area contributed by atoms with Crippen LogP contribution in [0.15, 0.2) is 53.4 Å². The van der Waals surface area contributed by atoms with Crippen LogP contribution in [0.4, 0.5) is 5.69 Å². The van der Waals surface area contributed by atoms with Crippen LogP contribution in [0.1, 0.15) is 12.8 Å². The number of tetrazole rings is 1. The summed E-state index contributed by atoms with van der Waals surface area (Å²) in [6, 6.07) is 12.2. The molecule has 1 N–H and O–H groups in total. The third-order valence-electron chi connectivity index (χ3n) is 4.94. The Bertz CT molecular complexity index is 1180. The fourth-order valence-electron chi connectivity index (χ4n) is 3.47. The lowest BCUT2D eigenvalue weighted by Gasteiger charge is -2.23. The van der Waals surface area contributed by atoms with Crippen molar-refractivity contribution in [2.75, 3.05) is 11.9 Å². The smallest absolute Gasteiger partial charge is 0.243 e. The number of anilines is 1. The van der Waals surface area contributed by atoms with Gasteiger partial charge in [0.15, 0.2) is 5.82 Å². The van der Waals surface area contributed by atoms with Crippen molar-refractivity contribution < 1.29 is 13.2 Å². The van der Waals surface area contributed by atoms with Crippen molar-refractivity contribution in [2.24, 2.45) is 7.05 Å². The molecule has 0 bridgehead atoms. The summed E-state index contributed by atoms with van der Waals surface area (Å²) >= 11 is 5.86. The molecule has 1 aliphatic rings. The summed E-state index contributed by atoms with van der Waals surface area (Å²) in [4.78, 5) is 13.1. The molecule has 1 fully saturated rings. The molecule has 0 radical (unpaired) electrons. The number of amides is 1. The third-order valence-corrected chi connectivity index (χ3v) is 7.11. The van der Waals surface area contributed by atoms with Gasteiger partial charge in [-0.15, -0.1) is 5.10 Å². The highest BCUT2D eigenvalue weighted by molar-refractivity contribution is 7.89. The average molecular weight is 447 g/mol. The summed E-state index contributed by atoms with van der Waals surface area (Å²) in [6.07, 6.45) is 1.06. The van der Waals surface area contributed by atoms with E-state index in [0.29, 0.717) is 29.4 Å². The van der Waals surface area contributed by atoms with Crippen molar-refractivity contribution in [3.63, 3.8) is 0 Å². The first-order chi connectivity index (χ1) is 14.4. The number of sulfonamides is 1. The standard InChI is InChI=1S/C19H19ClN6O3S/c1-25-18(22-23-24-25)13-4-2-5-15(12-13)21-19(27)17-6-3-11-26(17)30(28,29)16-9-7-14(20)8-10-16/h2,4-5,7-10,12,17H,3,6,11H2,1H3,(H,21,27)/t17-/m0/s1. The molecule has 2 aromatic carbocycles. The minimum atomic E-state index is -3.81. The monoisotopic (exact) mass is 446 g/mol. The molecule has 3 aromatic rings. The maximum atomic E-state index is 13.0. The summed E-state index contributed by atoms with van der Waals surface area (Å²) in [5, 5.41) is 14.7. The largest absolute Gasteiger partial charge is 0.325 e. The van der Waals surface area contributed by atoms with Gasteiger partial charge in [0.05, 0.1) is 4.90 Å². The van der Waals surface area contributed by atoms with Gasteiger partial charge in [-0.25, -0.2) is 13.1 Å². The summed E-state index contributed by atoms with van der Waals surface area (Å²) < 4.78 is 28.9. The molecule has 1 aliphatic heterocycles. The van der Waals surface area contributed by atoms with Gasteiger partial charge in [-0.05, 0) is 59.7 Å². The molecule has 1 aromatic heterocycles. The Balaban J connectivity index is 1.55. The minimum Gasteiger partial charge on any atom is -0.325 e. The van der Waals surface area contributed by atoms with E-state index >= 15 is 0 Å². The van der Waals surface area contributed by atoms with Crippen molar-refractivity contribution in [1.29, 1.82) is 0 Å². The van der Waals surface area contributed by atoms with Crippen molar-refractivity contribution in [3.8, 4) is 11.4 Å². The van der Waals surface area contributed by atoms with Gasteiger partial charge in [-0.1, -0.05) is 23.7 Å². The number of hydrogen-bond acceptors (Lipinski definition) is 6. The first-order valence-electron chi connectivity index (χ1n) is 9.27. The van der Waals surface area contributed by atoms with Gasteiger partial charge in [0.1, 0.15) is 6.04 Å². The zero-order chi connectivity index (χ0) is 21.3. The van der Waals surface area contributed by atoms with Crippen LogP contribution in [-0.2, 0) is 21.9 Å². The molecule has 1 amide bonds. The zero-order valence-electron chi connectivity index (χ0n) is 16.1. The van der Waals surface area contributed by atoms with Crippen LogP contribution in [0.5, 0.6) is 0 Å². The van der Waals surface area contributed by atoms with E-state index in [1.807, 2.05) is 6.07 Å². The first-order valence-corrected chi connectivity index (χ1v) is 11.1. The molecule has 11 heteroatoms. The molecule has 156 valence electrons. The highest BCUT2D eigenvalue weighted by Gasteiger charge is 2.39. The van der Waals surface area contributed by atoms with Crippen LogP contribution in [0, 0.1) is 0 Å². The Morgan fingerprint density at radius 3 is 2.67 bits per heavy atom. The van der Waals surface area contributed by atoms with Crippen LogP contribution in [0.3, 0.4) is 0 Å². The van der Waals surface area contributed by atoms with E-state index in [0.717, 1.165) is 5.56 Å². The lowest BCUT2D eigenvalue weighted by Crippen LogP contribution is -2.43. The zero-order valence-corrected chi connectivity index (χ0v) is 17.6. The van der Waals surface area contributed by atoms with Crippen LogP contribution >= 0.6 is 11.6 Å². The Morgan fingerprint density at radius 2 is 1.97 bits per heavy atom. The number of carbonyl (C=O) groups is 1. The van der Waals surface area contributed by atoms with E-state index in [1.54, 1.807) is 25.2 Å². The Labute approximate surface area is 178 Å². The van der Waals surface area contributed by atoms with Crippen molar-refractivity contribution in [1.82, 2.24) is 24.5 Å². The maximum absolute atomic E-state index is 13.0. The lowest BCUT2D eigenvalue weighted by molar-refractivity contribution is -0.119. The van der Waals surface area contributed by atoms with Crippen LogP contribution in [0.2, 0.25) is 5.02 Å². The Kier molecular flexibility index (Phi) is 5.54. The van der Waals surface area contributed by atoms with Crippen molar-refractivity contribution >= 4 is 33.2 Å². The fraction of sp³-hybridized carbons (Fsp3) is 0.263. The molecular formula is C19H19ClN6O3S. The van der Waals surface area contributed by atoms with Gasteiger partial charge < -0.3 is 5.32 Å². The van der Waals surface area contributed by atoms with Gasteiger partial charge in [-0.2, -0.15) is 4.31 Å². The van der Waals surface area contributed by atoms with E-state index in [4.69, 9.17) is 11.6 Å². The highest BCUT2D eigenvalue weighted by atomic mass is 35.5. The second-order valence-corrected chi connectivity index (χ2v) is 9.25. The highest BCUT2D eigenvalue weighted by Crippen LogP contribution is 2.28. The molecule has 9 nitrogen and oxygen atoms in total. The molecular weight excluding hydrogens is 428 g/mol. The van der Waals surface area contributed by atoms with Crippen LogP contribution in [0.25, 0.3) is 11.4 Å². The molecule has 0 aliphatic carbocycles. The molecule has 30 heavy (non-hydrogen) atoms. The van der Waals surface area contributed by atoms with E-state index in [1.165, 1.54) is 33.3 Å². The number of aryl methyl sites for hydroxylation is 1. The molecule has 1 atom stereocenters. The lowest BCUT2D eigenvalue weighted by atomic mass is 10.1. The average Bonchev–Trinajstić information content (AvgIpc) is 3.38. The van der Waals surface area contributed by atoms with Crippen LogP contribution < -0.4 is 5.32 Å². The summed E-state index contributed by atoms with van der Waals surface area (Å²) in [6.45, 7) is 0.285. The van der Waals surface area contributed by atoms with Crippen molar-refractivity contribution in [2.45, 2.75) is 23.8 Å². The SMILES string of the molecule is Cn1nnnc1-c1cccc(NC(=O)[C@@H]2CCCN2S(=O)(=O)c2ccc(Cl)cc2)c1. The molecule has 0 unspecified atom stereocenters. The van der Waals surface area contributed by atoms with Gasteiger partial charge in [0, 0.05) is 29.9 Å². The Hall–Kier alpha value is -2.82. The second-order valence-electron chi connectivity index (χ2n) is 6.92. The van der Waals surface area contributed by atoms with Gasteiger partial charge >= 0.3 is 0 Å². The van der Waals surface area contributed by atoms with Gasteiger partial charge in [0.2, 0.25) is 15.9 Å². The number of nitrogens with one attached hydrogen (secondary N) is 1. The third kappa shape index (κ3) is 3.93. The van der Waals surface area contributed by atoms with E-state index in [2.05, 4.69) is 20.8 Å². The number of halogens is 1. The summed E-state index contributed by atoms with van der Waals surface area (Å²) in [5.74, 6) is 0.178. The first kappa shape index (κ1) is 20.5. The number of rotatable bonds is 5. The van der Waals surface area contributed by atoms with Crippen molar-refractivity contribution in [3.05, 3.63) is 53.6 Å². The normalized spacial score (nSPS) is 17.2. The number of aromatic nitrogens is 4. The number of nitrogens with zero attached hydrogens (tertiary/aromatic N) is 5. The molecule has 4 rings (SSSR count). The van der Waals surface area contributed by atoms with Gasteiger partial charge in [-0.3, -0.25) is 4.79 Å². The Morgan fingerprint density at radius 1 is 1.20 bits per heavy atom. The quantitative estimate of drug-likeness (QED) is 0.644. The van der Waals surface area contributed by atoms with Crippen LogP contribution in [-0.4, -0.2) is 51.4 Å². The predicted octanol–water partition coefficient (Wildman–Crippen LogP) is 2.32. The van der Waals surface area contributed by atoms with Gasteiger partial charge in [0.25, 0.3) is 0 Å². The molecule has 2 heterocycles. The number of benzene rings is 2. The predicted molar refractivity (Wildman–Crippen MR) is 111 cm³/mol. The maximum Gasteiger partial charge on any atom is 0.243 e. The fourth-order valence-corrected chi connectivity index (χ4v) is 5.25. The molecule has 0 saturated carbocycles. The molecule has 0 spiro atoms.